The maximum absolute atomic E-state index is 13.1. The Morgan fingerprint density at radius 2 is 1.82 bits per heavy atom. The number of aliphatic hydroxyl groups is 1. The first-order valence-electron chi connectivity index (χ1n) is 5.95. The van der Waals surface area contributed by atoms with Gasteiger partial charge in [-0.2, -0.15) is 0 Å². The second kappa shape index (κ2) is 5.10. The van der Waals surface area contributed by atoms with E-state index in [4.69, 9.17) is 0 Å². The summed E-state index contributed by atoms with van der Waals surface area (Å²) in [5, 5.41) is 13.6. The lowest BCUT2D eigenvalue weighted by atomic mass is 9.88. The molecule has 2 nitrogen and oxygen atoms in total. The topological polar surface area (TPSA) is 32.3 Å². The smallest absolute Gasteiger partial charge is 0.126 e. The number of halogens is 2. The molecule has 0 spiro atoms. The first-order chi connectivity index (χ1) is 8.07. The monoisotopic (exact) mass is 241 g/mol. The lowest BCUT2D eigenvalue weighted by molar-refractivity contribution is 0.0284. The minimum atomic E-state index is -0.844. The molecule has 0 radical (unpaired) electrons. The number of benzene rings is 1. The fourth-order valence-electron chi connectivity index (χ4n) is 2.38. The zero-order valence-corrected chi connectivity index (χ0v) is 9.68. The highest BCUT2D eigenvalue weighted by atomic mass is 19.1. The molecule has 2 rings (SSSR count). The molecule has 1 atom stereocenters. The summed E-state index contributed by atoms with van der Waals surface area (Å²) in [6.45, 7) is 1.63. The van der Waals surface area contributed by atoms with Crippen LogP contribution in [0.2, 0.25) is 0 Å². The van der Waals surface area contributed by atoms with Crippen LogP contribution in [0.4, 0.5) is 8.78 Å². The Hall–Kier alpha value is -1.00. The molecule has 1 unspecified atom stereocenters. The minimum absolute atomic E-state index is 0.309. The summed E-state index contributed by atoms with van der Waals surface area (Å²) in [5.41, 5.74) is -0.323. The quantitative estimate of drug-likeness (QED) is 0.830. The molecule has 94 valence electrons. The van der Waals surface area contributed by atoms with E-state index in [1.165, 1.54) is 12.1 Å². The normalized spacial score (nSPS) is 25.6. The highest BCUT2D eigenvalue weighted by Crippen LogP contribution is 2.25. The van der Waals surface area contributed by atoms with E-state index in [1.54, 1.807) is 0 Å². The van der Waals surface area contributed by atoms with Crippen molar-refractivity contribution in [3.63, 3.8) is 0 Å². The third-order valence-corrected chi connectivity index (χ3v) is 3.22. The standard InChI is InChI=1S/C13H17F2NO/c14-11-6-10(7-12(15)8-11)9-13(17)2-1-4-16-5-3-13/h6-8,16-17H,1-5,9H2. The Labute approximate surface area is 99.7 Å². The predicted molar refractivity (Wildman–Crippen MR) is 61.7 cm³/mol. The average Bonchev–Trinajstić information content (AvgIpc) is 2.41. The first kappa shape index (κ1) is 12.5. The number of hydrogen-bond donors (Lipinski definition) is 2. The van der Waals surface area contributed by atoms with Crippen LogP contribution in [-0.2, 0) is 6.42 Å². The second-order valence-electron chi connectivity index (χ2n) is 4.78. The third-order valence-electron chi connectivity index (χ3n) is 3.22. The van der Waals surface area contributed by atoms with Crippen molar-refractivity contribution >= 4 is 0 Å². The molecule has 17 heavy (non-hydrogen) atoms. The molecular formula is C13H17F2NO. The molecular weight excluding hydrogens is 224 g/mol. The van der Waals surface area contributed by atoms with Crippen LogP contribution in [0.25, 0.3) is 0 Å². The molecule has 0 amide bonds. The first-order valence-corrected chi connectivity index (χ1v) is 5.95. The van der Waals surface area contributed by atoms with Crippen LogP contribution in [0.5, 0.6) is 0 Å². The van der Waals surface area contributed by atoms with Crippen LogP contribution in [0.15, 0.2) is 18.2 Å². The summed E-state index contributed by atoms with van der Waals surface area (Å²) in [6.07, 6.45) is 2.47. The predicted octanol–water partition coefficient (Wildman–Crippen LogP) is 2.01. The average molecular weight is 241 g/mol. The number of rotatable bonds is 2. The van der Waals surface area contributed by atoms with Gasteiger partial charge in [0.2, 0.25) is 0 Å². The van der Waals surface area contributed by atoms with E-state index in [9.17, 15) is 13.9 Å². The molecule has 0 bridgehead atoms. The Bertz CT molecular complexity index is 367. The van der Waals surface area contributed by atoms with Crippen molar-refractivity contribution < 1.29 is 13.9 Å². The largest absolute Gasteiger partial charge is 0.389 e. The van der Waals surface area contributed by atoms with Gasteiger partial charge in [0.25, 0.3) is 0 Å². The fraction of sp³-hybridized carbons (Fsp3) is 0.538. The van der Waals surface area contributed by atoms with Gasteiger partial charge in [-0.1, -0.05) is 0 Å². The number of hydrogen-bond acceptors (Lipinski definition) is 2. The summed E-state index contributed by atoms with van der Waals surface area (Å²) >= 11 is 0. The van der Waals surface area contributed by atoms with E-state index < -0.39 is 17.2 Å². The van der Waals surface area contributed by atoms with Crippen molar-refractivity contribution in [3.05, 3.63) is 35.4 Å². The molecule has 1 aliphatic heterocycles. The SMILES string of the molecule is OC1(Cc2cc(F)cc(F)c2)CCCNCC1. The van der Waals surface area contributed by atoms with Gasteiger partial charge < -0.3 is 10.4 Å². The van der Waals surface area contributed by atoms with Crippen molar-refractivity contribution in [1.29, 1.82) is 0 Å². The maximum Gasteiger partial charge on any atom is 0.126 e. The summed E-state index contributed by atoms with van der Waals surface area (Å²) in [5.74, 6) is -1.18. The van der Waals surface area contributed by atoms with Gasteiger partial charge in [-0.05, 0) is 50.0 Å². The summed E-state index contributed by atoms with van der Waals surface area (Å²) in [7, 11) is 0. The Morgan fingerprint density at radius 1 is 1.12 bits per heavy atom. The molecule has 0 saturated carbocycles. The third kappa shape index (κ3) is 3.48. The van der Waals surface area contributed by atoms with Crippen molar-refractivity contribution in [3.8, 4) is 0 Å². The van der Waals surface area contributed by atoms with E-state index in [0.717, 1.165) is 25.6 Å². The van der Waals surface area contributed by atoms with Gasteiger partial charge in [0.15, 0.2) is 0 Å². The van der Waals surface area contributed by atoms with Gasteiger partial charge in [-0.15, -0.1) is 0 Å². The fourth-order valence-corrected chi connectivity index (χ4v) is 2.38. The molecule has 4 heteroatoms. The molecule has 1 aliphatic rings. The highest BCUT2D eigenvalue weighted by molar-refractivity contribution is 5.20. The molecule has 2 N–H and O–H groups in total. The second-order valence-corrected chi connectivity index (χ2v) is 4.78. The summed E-state index contributed by atoms with van der Waals surface area (Å²) in [4.78, 5) is 0. The van der Waals surface area contributed by atoms with Crippen molar-refractivity contribution in [1.82, 2.24) is 5.32 Å². The molecule has 1 aromatic carbocycles. The highest BCUT2D eigenvalue weighted by Gasteiger charge is 2.28. The lowest BCUT2D eigenvalue weighted by Crippen LogP contribution is -2.32. The van der Waals surface area contributed by atoms with Gasteiger partial charge in [0.05, 0.1) is 5.60 Å². The van der Waals surface area contributed by atoms with Gasteiger partial charge in [0, 0.05) is 12.5 Å². The van der Waals surface area contributed by atoms with E-state index in [-0.39, 0.29) is 0 Å². The zero-order chi connectivity index (χ0) is 12.3. The summed E-state index contributed by atoms with van der Waals surface area (Å²) < 4.78 is 26.1. The summed E-state index contributed by atoms with van der Waals surface area (Å²) in [6, 6.07) is 3.43. The van der Waals surface area contributed by atoms with Crippen LogP contribution in [0, 0.1) is 11.6 Å². The van der Waals surface area contributed by atoms with E-state index in [1.807, 2.05) is 0 Å². The van der Waals surface area contributed by atoms with Crippen molar-refractivity contribution in [2.45, 2.75) is 31.3 Å². The minimum Gasteiger partial charge on any atom is -0.389 e. The van der Waals surface area contributed by atoms with Crippen LogP contribution >= 0.6 is 0 Å². The molecule has 1 fully saturated rings. The van der Waals surface area contributed by atoms with Gasteiger partial charge in [0.1, 0.15) is 11.6 Å². The van der Waals surface area contributed by atoms with Crippen molar-refractivity contribution in [2.75, 3.05) is 13.1 Å². The zero-order valence-electron chi connectivity index (χ0n) is 9.68. The van der Waals surface area contributed by atoms with Gasteiger partial charge >= 0.3 is 0 Å². The number of nitrogens with one attached hydrogen (secondary N) is 1. The van der Waals surface area contributed by atoms with Crippen LogP contribution in [-0.4, -0.2) is 23.8 Å². The van der Waals surface area contributed by atoms with Crippen LogP contribution < -0.4 is 5.32 Å². The Morgan fingerprint density at radius 3 is 2.53 bits per heavy atom. The van der Waals surface area contributed by atoms with Crippen LogP contribution in [0.1, 0.15) is 24.8 Å². The molecule has 0 aromatic heterocycles. The Kier molecular flexibility index (Phi) is 3.74. The van der Waals surface area contributed by atoms with Crippen LogP contribution in [0.3, 0.4) is 0 Å². The van der Waals surface area contributed by atoms with E-state index >= 15 is 0 Å². The van der Waals surface area contributed by atoms with E-state index in [0.29, 0.717) is 24.8 Å². The maximum atomic E-state index is 13.1. The van der Waals surface area contributed by atoms with Gasteiger partial charge in [-0.3, -0.25) is 0 Å². The lowest BCUT2D eigenvalue weighted by Gasteiger charge is -2.26. The molecule has 1 saturated heterocycles. The molecule has 0 aliphatic carbocycles. The van der Waals surface area contributed by atoms with E-state index in [2.05, 4.69) is 5.32 Å². The molecule has 1 aromatic rings. The van der Waals surface area contributed by atoms with Crippen molar-refractivity contribution in [2.24, 2.45) is 0 Å². The molecule has 1 heterocycles. The Balaban J connectivity index is 2.12. The van der Waals surface area contributed by atoms with Gasteiger partial charge in [-0.25, -0.2) is 8.78 Å².